The molecule has 0 aromatic rings. The Labute approximate surface area is 65.4 Å². The van der Waals surface area contributed by atoms with Gasteiger partial charge in [-0.1, -0.05) is 0 Å². The zero-order valence-corrected chi connectivity index (χ0v) is 3.83. The van der Waals surface area contributed by atoms with Crippen LogP contribution in [0.1, 0.15) is 0 Å². The summed E-state index contributed by atoms with van der Waals surface area (Å²) in [6.45, 7) is 0. The fraction of sp³-hybridized carbons (Fsp3) is 0. The summed E-state index contributed by atoms with van der Waals surface area (Å²) >= 11 is 0.611. The van der Waals surface area contributed by atoms with Crippen LogP contribution in [0.4, 0.5) is 0 Å². The molecule has 0 aliphatic rings. The Balaban J connectivity index is -0.00000000500. The third-order valence-corrected chi connectivity index (χ3v) is 0. The van der Waals surface area contributed by atoms with E-state index in [9.17, 15) is 0 Å². The van der Waals surface area contributed by atoms with E-state index in [1.54, 1.807) is 0 Å². The van der Waals surface area contributed by atoms with Gasteiger partial charge in [-0.05, 0) is 0 Å². The van der Waals surface area contributed by atoms with Crippen molar-refractivity contribution in [3.8, 4) is 0 Å². The predicted molar refractivity (Wildman–Crippen MR) is 15.0 cm³/mol. The molecule has 0 fully saturated rings. The minimum absolute atomic E-state index is 0. The summed E-state index contributed by atoms with van der Waals surface area (Å²) in [5.74, 6) is 0. The van der Waals surface area contributed by atoms with Gasteiger partial charge < -0.3 is 0 Å². The Morgan fingerprint density at radius 1 is 1.25 bits per heavy atom. The van der Waals surface area contributed by atoms with Gasteiger partial charge in [-0.15, -0.1) is 0 Å². The Bertz CT molecular complexity index is 8.00. The average molecular weight is 127 g/mol. The molecule has 0 N–H and O–H groups in total. The van der Waals surface area contributed by atoms with Crippen LogP contribution < -0.4 is 0 Å². The Kier molecular flexibility index (Phi) is 90.0. The SMILES string of the molecule is [NaH].[Ni].[O]=[AlH]. The van der Waals surface area contributed by atoms with E-state index in [-0.39, 0.29) is 46.0 Å². The summed E-state index contributed by atoms with van der Waals surface area (Å²) < 4.78 is 8.28. The summed E-state index contributed by atoms with van der Waals surface area (Å²) in [4.78, 5) is 0. The van der Waals surface area contributed by atoms with Gasteiger partial charge in [-0.25, -0.2) is 0 Å². The molecule has 0 atom stereocenters. The minimum atomic E-state index is 0. The first kappa shape index (κ1) is 17.0. The molecule has 4 heteroatoms. The van der Waals surface area contributed by atoms with Gasteiger partial charge in [0.15, 0.2) is 0 Å². The van der Waals surface area contributed by atoms with Crippen molar-refractivity contribution in [2.24, 2.45) is 0 Å². The summed E-state index contributed by atoms with van der Waals surface area (Å²) in [6.07, 6.45) is 0. The van der Waals surface area contributed by atoms with Gasteiger partial charge in [-0.3, -0.25) is 0 Å². The number of hydrogen-bond donors (Lipinski definition) is 0. The van der Waals surface area contributed by atoms with Crippen molar-refractivity contribution in [1.29, 1.82) is 0 Å². The quantitative estimate of drug-likeness (QED) is 0.365. The van der Waals surface area contributed by atoms with Crippen LogP contribution in [0.5, 0.6) is 0 Å². The molecule has 0 amide bonds. The van der Waals surface area contributed by atoms with Gasteiger partial charge in [-0.2, -0.15) is 0 Å². The van der Waals surface area contributed by atoms with Crippen molar-refractivity contribution in [2.45, 2.75) is 0 Å². The molecule has 1 nitrogen and oxygen atoms in total. The molecule has 0 unspecified atom stereocenters. The van der Waals surface area contributed by atoms with E-state index < -0.39 is 0 Å². The molecule has 0 aliphatic heterocycles. The fourth-order valence-electron chi connectivity index (χ4n) is 0. The monoisotopic (exact) mass is 126 g/mol. The normalized spacial score (nSPS) is 0.750. The second-order valence-electron chi connectivity index (χ2n) is 0. The van der Waals surface area contributed by atoms with Crippen LogP contribution in [0.3, 0.4) is 0 Å². The van der Waals surface area contributed by atoms with Crippen LogP contribution >= 0.6 is 0 Å². The van der Waals surface area contributed by atoms with E-state index in [4.69, 9.17) is 3.80 Å². The second-order valence-corrected chi connectivity index (χ2v) is 0. The maximum absolute atomic E-state index is 8.28. The molecule has 0 saturated carbocycles. The first-order valence-corrected chi connectivity index (χ1v) is 0.866. The molecule has 0 heterocycles. The van der Waals surface area contributed by atoms with Crippen molar-refractivity contribution >= 4 is 45.8 Å². The zero-order valence-electron chi connectivity index (χ0n) is 1.43. The Morgan fingerprint density at radius 2 is 1.25 bits per heavy atom. The fourth-order valence-corrected chi connectivity index (χ4v) is 0. The van der Waals surface area contributed by atoms with E-state index in [0.717, 1.165) is 0 Å². The Morgan fingerprint density at radius 3 is 1.25 bits per heavy atom. The molecule has 0 rings (SSSR count). The van der Waals surface area contributed by atoms with Gasteiger partial charge in [0.25, 0.3) is 0 Å². The van der Waals surface area contributed by atoms with Gasteiger partial charge >= 0.3 is 49.6 Å². The molecule has 22 valence electrons. The van der Waals surface area contributed by atoms with Crippen LogP contribution in [-0.2, 0) is 20.3 Å². The van der Waals surface area contributed by atoms with E-state index in [1.165, 1.54) is 0 Å². The number of hydrogen-bond acceptors (Lipinski definition) is 1. The van der Waals surface area contributed by atoms with E-state index in [2.05, 4.69) is 0 Å². The van der Waals surface area contributed by atoms with Gasteiger partial charge in [0.1, 0.15) is 0 Å². The average Bonchev–Trinajstić information content (AvgIpc) is 1.00. The molecule has 0 spiro atoms. The number of rotatable bonds is 0. The summed E-state index contributed by atoms with van der Waals surface area (Å²) in [5.41, 5.74) is 0. The predicted octanol–water partition coefficient (Wildman–Crippen LogP) is -1.42. The molecular formula is H2AlNaNiO. The van der Waals surface area contributed by atoms with Crippen LogP contribution in [0, 0.1) is 0 Å². The molecule has 4 heavy (non-hydrogen) atoms. The van der Waals surface area contributed by atoms with Crippen LogP contribution in [0.15, 0.2) is 0 Å². The molecule has 0 aliphatic carbocycles. The van der Waals surface area contributed by atoms with Crippen molar-refractivity contribution in [1.82, 2.24) is 0 Å². The topological polar surface area (TPSA) is 17.1 Å². The molecule has 0 bridgehead atoms. The third-order valence-electron chi connectivity index (χ3n) is 0. The summed E-state index contributed by atoms with van der Waals surface area (Å²) in [5, 5.41) is 0. The molecular weight excluding hydrogens is 125 g/mol. The van der Waals surface area contributed by atoms with E-state index in [0.29, 0.717) is 16.2 Å². The standard InChI is InChI=1S/Al.Na.Ni.O.2H. The third kappa shape index (κ3) is 9.16. The zero-order chi connectivity index (χ0) is 2.00. The maximum atomic E-state index is 8.28. The van der Waals surface area contributed by atoms with Gasteiger partial charge in [0.05, 0.1) is 0 Å². The molecule has 0 saturated heterocycles. The van der Waals surface area contributed by atoms with E-state index in [1.807, 2.05) is 0 Å². The van der Waals surface area contributed by atoms with Crippen molar-refractivity contribution in [3.63, 3.8) is 0 Å². The first-order chi connectivity index (χ1) is 1.00. The van der Waals surface area contributed by atoms with Crippen molar-refractivity contribution in [2.75, 3.05) is 0 Å². The summed E-state index contributed by atoms with van der Waals surface area (Å²) in [6, 6.07) is 0. The van der Waals surface area contributed by atoms with E-state index >= 15 is 0 Å². The van der Waals surface area contributed by atoms with Gasteiger partial charge in [0.2, 0.25) is 0 Å². The second kappa shape index (κ2) is 21.2. The van der Waals surface area contributed by atoms with Crippen molar-refractivity contribution < 1.29 is 20.3 Å². The van der Waals surface area contributed by atoms with Gasteiger partial charge in [0, 0.05) is 16.5 Å². The summed E-state index contributed by atoms with van der Waals surface area (Å²) in [7, 11) is 0. The van der Waals surface area contributed by atoms with Crippen molar-refractivity contribution in [3.05, 3.63) is 0 Å². The first-order valence-electron chi connectivity index (χ1n) is 0.289. The van der Waals surface area contributed by atoms with Crippen LogP contribution in [-0.4, -0.2) is 45.8 Å². The molecule has 0 aromatic heterocycles. The van der Waals surface area contributed by atoms with Crippen LogP contribution in [0.2, 0.25) is 0 Å². The molecule has 0 aromatic carbocycles. The van der Waals surface area contributed by atoms with Crippen LogP contribution in [0.25, 0.3) is 0 Å². The Hall–Kier alpha value is 1.83. The molecule has 0 radical (unpaired) electrons.